The van der Waals surface area contributed by atoms with Crippen LogP contribution in [-0.4, -0.2) is 16.2 Å². The molecule has 0 bridgehead atoms. The molecule has 2 rings (SSSR count). The number of benzene rings is 1. The van der Waals surface area contributed by atoms with Crippen molar-refractivity contribution >= 4 is 22.6 Å². The summed E-state index contributed by atoms with van der Waals surface area (Å²) in [5, 5.41) is 4.91. The highest BCUT2D eigenvalue weighted by atomic mass is 16.7. The number of carbonyl (C=O) groups excluding carboxylic acids is 1. The molecule has 0 aliphatic carbocycles. The molecule has 1 aromatic carbocycles. The van der Waals surface area contributed by atoms with E-state index in [4.69, 9.17) is 0 Å². The van der Waals surface area contributed by atoms with Crippen LogP contribution in [0, 0.1) is 0 Å². The van der Waals surface area contributed by atoms with Crippen molar-refractivity contribution in [2.45, 2.75) is 13.8 Å². The van der Waals surface area contributed by atoms with Gasteiger partial charge in [-0.25, -0.2) is 4.79 Å². The number of nitrogens with zero attached hydrogens (tertiary/aromatic N) is 2. The Labute approximate surface area is 99.5 Å². The van der Waals surface area contributed by atoms with Gasteiger partial charge >= 0.3 is 5.97 Å². The molecule has 0 saturated carbocycles. The van der Waals surface area contributed by atoms with Crippen LogP contribution in [0.4, 0.5) is 0 Å². The molecule has 2 aromatic rings. The van der Waals surface area contributed by atoms with Crippen LogP contribution in [0.25, 0.3) is 10.9 Å². The largest absolute Gasteiger partial charge is 0.350 e. The van der Waals surface area contributed by atoms with Gasteiger partial charge < -0.3 is 9.40 Å². The quantitative estimate of drug-likeness (QED) is 0.452. The monoisotopic (exact) mass is 230 g/mol. The third-order valence-corrected chi connectivity index (χ3v) is 2.60. The number of rotatable bonds is 2. The standard InChI is InChI=1S/C13H14N2O2/c1-9(14-17-10(2)16)12-8-15(3)13-7-5-4-6-11(12)13/h4-8H,1-3H3/b14-9+. The smallest absolute Gasteiger partial charge is 0.331 e. The maximum Gasteiger partial charge on any atom is 0.331 e. The summed E-state index contributed by atoms with van der Waals surface area (Å²) in [5.74, 6) is -0.412. The fraction of sp³-hybridized carbons (Fsp3) is 0.231. The lowest BCUT2D eigenvalue weighted by Crippen LogP contribution is -1.98. The molecule has 4 nitrogen and oxygen atoms in total. The van der Waals surface area contributed by atoms with Gasteiger partial charge in [0.25, 0.3) is 0 Å². The van der Waals surface area contributed by atoms with Crippen LogP contribution >= 0.6 is 0 Å². The van der Waals surface area contributed by atoms with Crippen molar-refractivity contribution in [1.82, 2.24) is 4.57 Å². The molecule has 0 unspecified atom stereocenters. The molecule has 0 aliphatic heterocycles. The summed E-state index contributed by atoms with van der Waals surface area (Å²) in [6.45, 7) is 3.16. The van der Waals surface area contributed by atoms with Gasteiger partial charge in [-0.1, -0.05) is 23.4 Å². The summed E-state index contributed by atoms with van der Waals surface area (Å²) in [4.78, 5) is 15.4. The molecule has 0 spiro atoms. The number of oxime groups is 1. The molecule has 4 heteroatoms. The minimum atomic E-state index is -0.412. The topological polar surface area (TPSA) is 43.6 Å². The Bertz CT molecular complexity index is 596. The number of para-hydroxylation sites is 1. The second-order valence-electron chi connectivity index (χ2n) is 3.93. The molecule has 17 heavy (non-hydrogen) atoms. The van der Waals surface area contributed by atoms with Crippen LogP contribution in [0.1, 0.15) is 19.4 Å². The maximum absolute atomic E-state index is 10.7. The van der Waals surface area contributed by atoms with Crippen molar-refractivity contribution < 1.29 is 9.63 Å². The molecule has 0 radical (unpaired) electrons. The van der Waals surface area contributed by atoms with Crippen molar-refractivity contribution in [3.8, 4) is 0 Å². The molecule has 0 atom stereocenters. The summed E-state index contributed by atoms with van der Waals surface area (Å²) < 4.78 is 2.03. The Morgan fingerprint density at radius 2 is 2.00 bits per heavy atom. The van der Waals surface area contributed by atoms with Crippen molar-refractivity contribution in [2.75, 3.05) is 0 Å². The minimum Gasteiger partial charge on any atom is -0.350 e. The Kier molecular flexibility index (Phi) is 2.95. The van der Waals surface area contributed by atoms with Crippen LogP contribution < -0.4 is 0 Å². The summed E-state index contributed by atoms with van der Waals surface area (Å²) in [5.41, 5.74) is 2.79. The van der Waals surface area contributed by atoms with E-state index in [1.54, 1.807) is 0 Å². The molecule has 1 heterocycles. The minimum absolute atomic E-state index is 0.412. The fourth-order valence-corrected chi connectivity index (χ4v) is 1.81. The van der Waals surface area contributed by atoms with E-state index < -0.39 is 5.97 Å². The van der Waals surface area contributed by atoms with Crippen molar-refractivity contribution in [3.63, 3.8) is 0 Å². The summed E-state index contributed by atoms with van der Waals surface area (Å²) in [6.07, 6.45) is 1.98. The van der Waals surface area contributed by atoms with Crippen LogP contribution in [0.5, 0.6) is 0 Å². The lowest BCUT2D eigenvalue weighted by molar-refractivity contribution is -0.140. The average Bonchev–Trinajstić information content (AvgIpc) is 2.65. The van der Waals surface area contributed by atoms with Gasteiger partial charge in [-0.3, -0.25) is 0 Å². The number of hydrogen-bond donors (Lipinski definition) is 0. The first-order valence-electron chi connectivity index (χ1n) is 5.36. The van der Waals surface area contributed by atoms with Crippen LogP contribution in [0.15, 0.2) is 35.6 Å². The fourth-order valence-electron chi connectivity index (χ4n) is 1.81. The second-order valence-corrected chi connectivity index (χ2v) is 3.93. The Morgan fingerprint density at radius 3 is 2.71 bits per heavy atom. The molecular formula is C13H14N2O2. The Balaban J connectivity index is 2.49. The van der Waals surface area contributed by atoms with Gasteiger partial charge in [-0.05, 0) is 13.0 Å². The molecule has 0 N–H and O–H groups in total. The predicted molar refractivity (Wildman–Crippen MR) is 66.9 cm³/mol. The highest BCUT2D eigenvalue weighted by Gasteiger charge is 2.08. The van der Waals surface area contributed by atoms with Gasteiger partial charge in [-0.15, -0.1) is 0 Å². The molecule has 0 saturated heterocycles. The highest BCUT2D eigenvalue weighted by Crippen LogP contribution is 2.20. The average molecular weight is 230 g/mol. The number of aryl methyl sites for hydroxylation is 1. The van der Waals surface area contributed by atoms with Gasteiger partial charge in [0.1, 0.15) is 0 Å². The predicted octanol–water partition coefficient (Wildman–Crippen LogP) is 2.47. The maximum atomic E-state index is 10.7. The van der Waals surface area contributed by atoms with Crippen molar-refractivity contribution in [2.24, 2.45) is 12.2 Å². The van der Waals surface area contributed by atoms with E-state index in [2.05, 4.69) is 9.99 Å². The normalized spacial score (nSPS) is 11.8. The highest BCUT2D eigenvalue weighted by molar-refractivity contribution is 6.09. The summed E-state index contributed by atoms with van der Waals surface area (Å²) in [7, 11) is 1.98. The lowest BCUT2D eigenvalue weighted by atomic mass is 10.1. The molecule has 0 fully saturated rings. The third-order valence-electron chi connectivity index (χ3n) is 2.60. The number of fused-ring (bicyclic) bond motifs is 1. The zero-order chi connectivity index (χ0) is 12.4. The zero-order valence-corrected chi connectivity index (χ0v) is 10.1. The van der Waals surface area contributed by atoms with E-state index in [0.29, 0.717) is 5.71 Å². The van der Waals surface area contributed by atoms with E-state index in [1.807, 2.05) is 49.0 Å². The Morgan fingerprint density at radius 1 is 1.29 bits per heavy atom. The Hall–Kier alpha value is -2.10. The number of hydrogen-bond acceptors (Lipinski definition) is 3. The third kappa shape index (κ3) is 2.20. The van der Waals surface area contributed by atoms with Crippen molar-refractivity contribution in [1.29, 1.82) is 0 Å². The van der Waals surface area contributed by atoms with Gasteiger partial charge in [0, 0.05) is 36.6 Å². The summed E-state index contributed by atoms with van der Waals surface area (Å²) >= 11 is 0. The number of carbonyl (C=O) groups is 1. The SMILES string of the molecule is CC(=O)O/N=C(\C)c1cn(C)c2ccccc12. The van der Waals surface area contributed by atoms with E-state index in [0.717, 1.165) is 16.5 Å². The summed E-state index contributed by atoms with van der Waals surface area (Å²) in [6, 6.07) is 8.03. The lowest BCUT2D eigenvalue weighted by Gasteiger charge is -1.97. The van der Waals surface area contributed by atoms with E-state index >= 15 is 0 Å². The van der Waals surface area contributed by atoms with Crippen LogP contribution in [-0.2, 0) is 16.7 Å². The van der Waals surface area contributed by atoms with E-state index in [1.165, 1.54) is 6.92 Å². The van der Waals surface area contributed by atoms with Gasteiger partial charge in [0.15, 0.2) is 0 Å². The van der Waals surface area contributed by atoms with Crippen molar-refractivity contribution in [3.05, 3.63) is 36.0 Å². The van der Waals surface area contributed by atoms with Gasteiger partial charge in [0.2, 0.25) is 0 Å². The molecular weight excluding hydrogens is 216 g/mol. The van der Waals surface area contributed by atoms with E-state index in [-0.39, 0.29) is 0 Å². The van der Waals surface area contributed by atoms with Crippen LogP contribution in [0.2, 0.25) is 0 Å². The second kappa shape index (κ2) is 4.41. The first kappa shape index (κ1) is 11.4. The van der Waals surface area contributed by atoms with Gasteiger partial charge in [0.05, 0.1) is 5.71 Å². The zero-order valence-electron chi connectivity index (χ0n) is 10.1. The molecule has 88 valence electrons. The van der Waals surface area contributed by atoms with E-state index in [9.17, 15) is 4.79 Å². The van der Waals surface area contributed by atoms with Gasteiger partial charge in [-0.2, -0.15) is 0 Å². The number of aromatic nitrogens is 1. The molecule has 1 aromatic heterocycles. The van der Waals surface area contributed by atoms with Crippen LogP contribution in [0.3, 0.4) is 0 Å². The first-order chi connectivity index (χ1) is 8.09. The first-order valence-corrected chi connectivity index (χ1v) is 5.36. The molecule has 0 amide bonds. The molecule has 0 aliphatic rings.